The lowest BCUT2D eigenvalue weighted by atomic mass is 10.0. The van der Waals surface area contributed by atoms with Gasteiger partial charge < -0.3 is 58.7 Å². The minimum atomic E-state index is -0.703. The number of ether oxygens (including phenoxy) is 8. The van der Waals surface area contributed by atoms with Crippen LogP contribution in [0.2, 0.25) is 0 Å². The monoisotopic (exact) mass is 764 g/mol. The van der Waals surface area contributed by atoms with Gasteiger partial charge in [0.1, 0.15) is 0 Å². The van der Waals surface area contributed by atoms with E-state index in [1.165, 1.54) is 0 Å². The number of carbonyl (C=O) groups excluding carboxylic acids is 5. The van der Waals surface area contributed by atoms with Crippen LogP contribution in [0.15, 0.2) is 0 Å². The third-order valence-corrected chi connectivity index (χ3v) is 9.41. The zero-order valence-corrected chi connectivity index (χ0v) is 30.8. The third-order valence-electron chi connectivity index (χ3n) is 7.90. The fraction of sp³-hybridized carbons (Fsp3) is 0.848. The Labute approximate surface area is 309 Å². The summed E-state index contributed by atoms with van der Waals surface area (Å²) in [4.78, 5) is 62.7. The zero-order chi connectivity index (χ0) is 37.1. The molecule has 0 aromatic rings. The van der Waals surface area contributed by atoms with E-state index in [0.29, 0.717) is 116 Å². The number of nitrogens with zero attached hydrogens (tertiary/aromatic N) is 1. The van der Waals surface area contributed by atoms with Crippen molar-refractivity contribution in [2.75, 3.05) is 118 Å². The summed E-state index contributed by atoms with van der Waals surface area (Å²) in [5, 5.41) is 9.77. The van der Waals surface area contributed by atoms with Crippen LogP contribution in [0, 0.1) is 0 Å². The van der Waals surface area contributed by atoms with Crippen LogP contribution in [0.3, 0.4) is 0 Å². The lowest BCUT2D eigenvalue weighted by Crippen LogP contribution is -2.36. The molecule has 52 heavy (non-hydrogen) atoms. The summed E-state index contributed by atoms with van der Waals surface area (Å²) in [5.41, 5.74) is 0. The molecule has 0 spiro atoms. The van der Waals surface area contributed by atoms with Gasteiger partial charge in [0, 0.05) is 36.8 Å². The van der Waals surface area contributed by atoms with Crippen molar-refractivity contribution in [3.05, 3.63) is 0 Å². The van der Waals surface area contributed by atoms with Crippen LogP contribution in [0.5, 0.6) is 0 Å². The molecule has 3 atom stereocenters. The first-order valence-electron chi connectivity index (χ1n) is 18.1. The number of urea groups is 1. The van der Waals surface area contributed by atoms with E-state index in [2.05, 4.69) is 16.0 Å². The molecule has 0 bridgehead atoms. The Morgan fingerprint density at radius 1 is 0.635 bits per heavy atom. The van der Waals surface area contributed by atoms with Crippen LogP contribution >= 0.6 is 11.8 Å². The number of hydrogen-bond donors (Lipinski definition) is 3. The molecule has 2 unspecified atom stereocenters. The van der Waals surface area contributed by atoms with Crippen LogP contribution < -0.4 is 16.0 Å². The van der Waals surface area contributed by atoms with E-state index in [4.69, 9.17) is 42.7 Å². The van der Waals surface area contributed by atoms with E-state index in [9.17, 15) is 24.0 Å². The summed E-state index contributed by atoms with van der Waals surface area (Å²) >= 11 is 1.89. The Bertz CT molecular complexity index is 1040. The van der Waals surface area contributed by atoms with Crippen molar-refractivity contribution in [3.63, 3.8) is 0 Å². The Hall–Kier alpha value is -2.62. The molecule has 0 aliphatic carbocycles. The molecule has 19 heteroatoms. The van der Waals surface area contributed by atoms with Gasteiger partial charge in [-0.25, -0.2) is 9.59 Å². The second-order valence-corrected chi connectivity index (χ2v) is 13.2. The summed E-state index contributed by atoms with van der Waals surface area (Å²) in [6.45, 7) is 6.89. The average molecular weight is 765 g/mol. The van der Waals surface area contributed by atoms with Crippen molar-refractivity contribution in [3.8, 4) is 0 Å². The molecule has 0 radical (unpaired) electrons. The molecule has 0 aromatic carbocycles. The van der Waals surface area contributed by atoms with Crippen molar-refractivity contribution in [1.29, 1.82) is 0 Å². The molecular weight excluding hydrogens is 708 g/mol. The lowest BCUT2D eigenvalue weighted by molar-refractivity contribution is -0.198. The van der Waals surface area contributed by atoms with Crippen LogP contribution in [-0.4, -0.2) is 170 Å². The quantitative estimate of drug-likeness (QED) is 0.0455. The number of hydroxylamine groups is 2. The van der Waals surface area contributed by atoms with Crippen molar-refractivity contribution in [2.24, 2.45) is 0 Å². The third kappa shape index (κ3) is 19.5. The number of hydrogen-bond acceptors (Lipinski definition) is 15. The summed E-state index contributed by atoms with van der Waals surface area (Å²) in [6, 6.07) is 0.384. The molecular formula is C33H56N4O14S. The Morgan fingerprint density at radius 3 is 1.63 bits per heavy atom. The molecule has 298 valence electrons. The molecule has 3 saturated heterocycles. The predicted molar refractivity (Wildman–Crippen MR) is 185 cm³/mol. The molecule has 3 fully saturated rings. The average Bonchev–Trinajstić information content (AvgIpc) is 3.79. The first-order chi connectivity index (χ1) is 25.4. The van der Waals surface area contributed by atoms with Crippen LogP contribution in [0.1, 0.15) is 44.9 Å². The number of amides is 5. The van der Waals surface area contributed by atoms with Crippen LogP contribution in [0.25, 0.3) is 0 Å². The number of unbranched alkanes of at least 4 members (excludes halogenated alkanes) is 1. The second kappa shape index (κ2) is 27.9. The predicted octanol–water partition coefficient (Wildman–Crippen LogP) is -0.0415. The second-order valence-electron chi connectivity index (χ2n) is 11.9. The summed E-state index contributed by atoms with van der Waals surface area (Å²) < 4.78 is 43.5. The SMILES string of the molecule is O=C(CCCC[C@@H]1SCC2NC(=O)NC21)NCCOCCOCCOCCOCCOCCOCCOCCOCCC(=O)ON1C(=O)CCC1=O. The highest BCUT2D eigenvalue weighted by Gasteiger charge is 2.42. The van der Waals surface area contributed by atoms with Gasteiger partial charge in [0.05, 0.1) is 124 Å². The van der Waals surface area contributed by atoms with Gasteiger partial charge in [0.2, 0.25) is 5.91 Å². The van der Waals surface area contributed by atoms with Gasteiger partial charge in [-0.3, -0.25) is 14.4 Å². The van der Waals surface area contributed by atoms with Gasteiger partial charge in [0.25, 0.3) is 11.8 Å². The number of imide groups is 1. The molecule has 0 aromatic heterocycles. The molecule has 5 amide bonds. The van der Waals surface area contributed by atoms with Crippen LogP contribution in [-0.2, 0) is 61.9 Å². The van der Waals surface area contributed by atoms with Gasteiger partial charge in [-0.1, -0.05) is 6.42 Å². The Morgan fingerprint density at radius 2 is 1.12 bits per heavy atom. The minimum absolute atomic E-state index is 0.0316. The number of fused-ring (bicyclic) bond motifs is 1. The summed E-state index contributed by atoms with van der Waals surface area (Å²) in [5.74, 6) is -0.746. The largest absolute Gasteiger partial charge is 0.378 e. The maximum absolute atomic E-state index is 12.0. The lowest BCUT2D eigenvalue weighted by Gasteiger charge is -2.16. The normalized spacial score (nSPS) is 19.6. The van der Waals surface area contributed by atoms with E-state index < -0.39 is 17.8 Å². The highest BCUT2D eigenvalue weighted by molar-refractivity contribution is 8.00. The molecule has 3 rings (SSSR count). The number of thioether (sulfide) groups is 1. The standard InChI is InChI=1S/C33H56N4O14S/c38-28(4-2-1-3-27-32-26(25-52-27)35-33(42)36-32)34-8-10-44-12-14-46-16-18-48-20-22-50-24-23-49-21-19-47-17-15-45-13-11-43-9-7-31(41)51-37-29(39)5-6-30(37)40/h26-27,32H,1-25H2,(H,34,38)(H2,35,36,42)/t26?,27-,32?/m0/s1. The van der Waals surface area contributed by atoms with Crippen molar-refractivity contribution >= 4 is 41.5 Å². The summed E-state index contributed by atoms with van der Waals surface area (Å²) in [7, 11) is 0. The smallest absolute Gasteiger partial charge is 0.335 e. The van der Waals surface area contributed by atoms with Gasteiger partial charge >= 0.3 is 12.0 Å². The van der Waals surface area contributed by atoms with E-state index >= 15 is 0 Å². The van der Waals surface area contributed by atoms with Crippen molar-refractivity contribution in [1.82, 2.24) is 21.0 Å². The number of carbonyl (C=O) groups is 5. The molecule has 3 aliphatic rings. The number of nitrogens with one attached hydrogen (secondary N) is 3. The van der Waals surface area contributed by atoms with Gasteiger partial charge in [-0.05, 0) is 12.8 Å². The highest BCUT2D eigenvalue weighted by Crippen LogP contribution is 2.33. The molecule has 18 nitrogen and oxygen atoms in total. The molecule has 3 aliphatic heterocycles. The van der Waals surface area contributed by atoms with E-state index in [0.717, 1.165) is 25.0 Å². The number of rotatable bonds is 33. The van der Waals surface area contributed by atoms with Crippen LogP contribution in [0.4, 0.5) is 4.79 Å². The zero-order valence-electron chi connectivity index (χ0n) is 30.0. The van der Waals surface area contributed by atoms with Crippen molar-refractivity contribution in [2.45, 2.75) is 62.3 Å². The van der Waals surface area contributed by atoms with E-state index in [1.54, 1.807) is 0 Å². The topological polar surface area (TPSA) is 208 Å². The maximum atomic E-state index is 12.0. The Kier molecular flexibility index (Phi) is 23.5. The maximum Gasteiger partial charge on any atom is 0.335 e. The fourth-order valence-corrected chi connectivity index (χ4v) is 6.77. The molecule has 3 N–H and O–H groups in total. The molecule has 0 saturated carbocycles. The van der Waals surface area contributed by atoms with E-state index in [1.807, 2.05) is 11.8 Å². The van der Waals surface area contributed by atoms with E-state index in [-0.39, 0.29) is 56.5 Å². The van der Waals surface area contributed by atoms with Crippen molar-refractivity contribution < 1.29 is 66.7 Å². The van der Waals surface area contributed by atoms with Gasteiger partial charge in [-0.2, -0.15) is 11.8 Å². The fourth-order valence-electron chi connectivity index (χ4n) is 5.23. The van der Waals surface area contributed by atoms with Gasteiger partial charge in [-0.15, -0.1) is 5.06 Å². The van der Waals surface area contributed by atoms with Gasteiger partial charge in [0.15, 0.2) is 0 Å². The minimum Gasteiger partial charge on any atom is -0.378 e. The molecule has 3 heterocycles. The summed E-state index contributed by atoms with van der Waals surface area (Å²) in [6.07, 6.45) is 3.33. The first-order valence-corrected chi connectivity index (χ1v) is 19.1. The Balaban J connectivity index is 0.922. The highest BCUT2D eigenvalue weighted by atomic mass is 32.2. The first kappa shape index (κ1) is 43.8.